The number of nitrogens with zero attached hydrogens (tertiary/aromatic N) is 6. The minimum atomic E-state index is -1.21. The van der Waals surface area contributed by atoms with E-state index in [0.29, 0.717) is 11.3 Å². The monoisotopic (exact) mass is 326 g/mol. The molecule has 0 aromatic carbocycles. The van der Waals surface area contributed by atoms with Gasteiger partial charge in [0.25, 0.3) is 5.56 Å². The summed E-state index contributed by atoms with van der Waals surface area (Å²) in [4.78, 5) is 27.2. The van der Waals surface area contributed by atoms with Gasteiger partial charge in [-0.2, -0.15) is 9.78 Å². The summed E-state index contributed by atoms with van der Waals surface area (Å²) in [6.45, 7) is 3.94. The largest absolute Gasteiger partial charge is 0.476 e. The average Bonchev–Trinajstić information content (AvgIpc) is 3.05. The number of carbonyl (C=O) groups is 1. The number of aromatic carboxylic acids is 1. The second-order valence-electron chi connectivity index (χ2n) is 5.36. The topological polar surface area (TPSA) is 116 Å². The number of carboxylic acids is 1. The van der Waals surface area contributed by atoms with Crippen LogP contribution in [0.25, 0.3) is 16.9 Å². The Morgan fingerprint density at radius 2 is 2.00 bits per heavy atom. The van der Waals surface area contributed by atoms with E-state index in [0.717, 1.165) is 22.5 Å². The highest BCUT2D eigenvalue weighted by Crippen LogP contribution is 2.21. The van der Waals surface area contributed by atoms with Crippen LogP contribution in [0.4, 0.5) is 0 Å². The minimum absolute atomic E-state index is 0.0994. The normalized spacial score (nSPS) is 11.0. The van der Waals surface area contributed by atoms with Crippen molar-refractivity contribution >= 4 is 5.97 Å². The molecule has 1 N–H and O–H groups in total. The lowest BCUT2D eigenvalue weighted by molar-refractivity contribution is 0.0688. The van der Waals surface area contributed by atoms with Gasteiger partial charge in [0.2, 0.25) is 0 Å². The van der Waals surface area contributed by atoms with Crippen molar-refractivity contribution in [2.75, 3.05) is 0 Å². The first-order valence-electron chi connectivity index (χ1n) is 7.17. The van der Waals surface area contributed by atoms with Gasteiger partial charge in [-0.1, -0.05) is 5.21 Å². The van der Waals surface area contributed by atoms with Crippen LogP contribution >= 0.6 is 0 Å². The van der Waals surface area contributed by atoms with Crippen molar-refractivity contribution in [2.24, 2.45) is 0 Å². The van der Waals surface area contributed by atoms with Crippen molar-refractivity contribution in [3.63, 3.8) is 0 Å². The van der Waals surface area contributed by atoms with E-state index in [1.54, 1.807) is 23.1 Å². The van der Waals surface area contributed by atoms with Gasteiger partial charge in [-0.05, 0) is 26.0 Å². The molecule has 0 saturated carbocycles. The Bertz CT molecular complexity index is 960. The van der Waals surface area contributed by atoms with Gasteiger partial charge in [0.1, 0.15) is 0 Å². The van der Waals surface area contributed by atoms with Crippen LogP contribution in [0.15, 0.2) is 41.6 Å². The minimum Gasteiger partial charge on any atom is -0.476 e. The maximum atomic E-state index is 12.0. The molecule has 0 saturated heterocycles. The summed E-state index contributed by atoms with van der Waals surface area (Å²) in [7, 11) is 0. The van der Waals surface area contributed by atoms with Gasteiger partial charge in [-0.3, -0.25) is 9.78 Å². The zero-order valence-electron chi connectivity index (χ0n) is 13.0. The molecule has 0 radical (unpaired) electrons. The molecule has 0 aliphatic carbocycles. The van der Waals surface area contributed by atoms with E-state index in [4.69, 9.17) is 5.11 Å². The van der Waals surface area contributed by atoms with E-state index in [1.165, 1.54) is 6.20 Å². The van der Waals surface area contributed by atoms with Crippen LogP contribution in [0.1, 0.15) is 30.4 Å². The predicted molar refractivity (Wildman–Crippen MR) is 84.0 cm³/mol. The maximum Gasteiger partial charge on any atom is 0.356 e. The Labute approximate surface area is 136 Å². The fourth-order valence-electron chi connectivity index (χ4n) is 2.23. The molecular weight excluding hydrogens is 312 g/mol. The van der Waals surface area contributed by atoms with Gasteiger partial charge < -0.3 is 5.11 Å². The second-order valence-corrected chi connectivity index (χ2v) is 5.36. The molecule has 0 unspecified atom stereocenters. The van der Waals surface area contributed by atoms with Gasteiger partial charge in [0.15, 0.2) is 5.69 Å². The van der Waals surface area contributed by atoms with E-state index in [1.807, 2.05) is 13.8 Å². The molecule has 3 heterocycles. The number of hydrogen-bond acceptors (Lipinski definition) is 6. The van der Waals surface area contributed by atoms with Crippen molar-refractivity contribution in [1.29, 1.82) is 0 Å². The molecule has 3 rings (SSSR count). The molecule has 3 aromatic rings. The summed E-state index contributed by atoms with van der Waals surface area (Å²) < 4.78 is 2.73. The molecule has 0 aliphatic heterocycles. The van der Waals surface area contributed by atoms with Crippen molar-refractivity contribution in [2.45, 2.75) is 19.9 Å². The Balaban J connectivity index is 2.12. The summed E-state index contributed by atoms with van der Waals surface area (Å²) in [6.07, 6.45) is 4.66. The summed E-state index contributed by atoms with van der Waals surface area (Å²) in [5.41, 5.74) is 1.11. The third-order valence-electron chi connectivity index (χ3n) is 3.35. The molecule has 0 amide bonds. The molecule has 0 bridgehead atoms. The summed E-state index contributed by atoms with van der Waals surface area (Å²) >= 11 is 0. The fraction of sp³-hybridized carbons (Fsp3) is 0.200. The first-order valence-corrected chi connectivity index (χ1v) is 7.17. The first-order chi connectivity index (χ1) is 11.5. The van der Waals surface area contributed by atoms with Crippen LogP contribution in [0.3, 0.4) is 0 Å². The lowest BCUT2D eigenvalue weighted by Crippen LogP contribution is -2.22. The van der Waals surface area contributed by atoms with E-state index in [2.05, 4.69) is 20.4 Å². The zero-order valence-corrected chi connectivity index (χ0v) is 13.0. The summed E-state index contributed by atoms with van der Waals surface area (Å²) in [6, 6.07) is 4.10. The Kier molecular flexibility index (Phi) is 3.90. The average molecular weight is 326 g/mol. The lowest BCUT2D eigenvalue weighted by atomic mass is 10.2. The second kappa shape index (κ2) is 6.03. The van der Waals surface area contributed by atoms with Crippen molar-refractivity contribution in [3.05, 3.63) is 52.8 Å². The smallest absolute Gasteiger partial charge is 0.356 e. The maximum absolute atomic E-state index is 12.0. The Morgan fingerprint density at radius 3 is 2.71 bits per heavy atom. The number of rotatable bonds is 4. The van der Waals surface area contributed by atoms with Crippen molar-refractivity contribution in [1.82, 2.24) is 29.8 Å². The molecule has 9 heteroatoms. The standard InChI is InChI=1S/C15H14N6O3/c1-9(2)20-13(8-17-19-20)10-5-11(7-16-6-10)21-14(22)4-3-12(18-21)15(23)24/h3-9H,1-2H3,(H,23,24). The quantitative estimate of drug-likeness (QED) is 0.765. The number of aromatic nitrogens is 6. The van der Waals surface area contributed by atoms with Crippen LogP contribution in [-0.2, 0) is 0 Å². The SMILES string of the molecule is CC(C)n1nncc1-c1cncc(-n2nc(C(=O)O)ccc2=O)c1. The lowest BCUT2D eigenvalue weighted by Gasteiger charge is -2.10. The molecule has 0 aliphatic rings. The van der Waals surface area contributed by atoms with Crippen LogP contribution in [0.2, 0.25) is 0 Å². The number of hydrogen-bond donors (Lipinski definition) is 1. The molecule has 0 fully saturated rings. The Hall–Kier alpha value is -3.36. The van der Waals surface area contributed by atoms with Gasteiger partial charge in [0.05, 0.1) is 23.8 Å². The first kappa shape index (κ1) is 15.5. The van der Waals surface area contributed by atoms with E-state index < -0.39 is 11.5 Å². The van der Waals surface area contributed by atoms with Crippen LogP contribution in [0, 0.1) is 0 Å². The molecule has 24 heavy (non-hydrogen) atoms. The summed E-state index contributed by atoms with van der Waals surface area (Å²) in [5, 5.41) is 20.8. The Morgan fingerprint density at radius 1 is 1.21 bits per heavy atom. The fourth-order valence-corrected chi connectivity index (χ4v) is 2.23. The van der Waals surface area contributed by atoms with Crippen molar-refractivity contribution < 1.29 is 9.90 Å². The van der Waals surface area contributed by atoms with E-state index in [-0.39, 0.29) is 11.7 Å². The highest BCUT2D eigenvalue weighted by atomic mass is 16.4. The van der Waals surface area contributed by atoms with Gasteiger partial charge in [0, 0.05) is 23.9 Å². The zero-order chi connectivity index (χ0) is 17.3. The molecule has 0 atom stereocenters. The van der Waals surface area contributed by atoms with E-state index >= 15 is 0 Å². The van der Waals surface area contributed by atoms with Crippen LogP contribution in [0.5, 0.6) is 0 Å². The van der Waals surface area contributed by atoms with Crippen LogP contribution in [-0.4, -0.2) is 40.8 Å². The van der Waals surface area contributed by atoms with E-state index in [9.17, 15) is 9.59 Å². The molecule has 3 aromatic heterocycles. The third-order valence-corrected chi connectivity index (χ3v) is 3.35. The number of pyridine rings is 1. The highest BCUT2D eigenvalue weighted by Gasteiger charge is 2.13. The van der Waals surface area contributed by atoms with Gasteiger partial charge >= 0.3 is 5.97 Å². The highest BCUT2D eigenvalue weighted by molar-refractivity contribution is 5.84. The van der Waals surface area contributed by atoms with Gasteiger partial charge in [-0.25, -0.2) is 9.48 Å². The third kappa shape index (κ3) is 2.78. The van der Waals surface area contributed by atoms with Crippen molar-refractivity contribution in [3.8, 4) is 16.9 Å². The van der Waals surface area contributed by atoms with Gasteiger partial charge in [-0.15, -0.1) is 5.10 Å². The molecule has 0 spiro atoms. The molecule has 122 valence electrons. The predicted octanol–water partition coefficient (Wildman–Crippen LogP) is 1.17. The molecule has 9 nitrogen and oxygen atoms in total. The molecular formula is C15H14N6O3. The number of carboxylic acid groups (broad SMARTS) is 1. The van der Waals surface area contributed by atoms with Crippen LogP contribution < -0.4 is 5.56 Å². The summed E-state index contributed by atoms with van der Waals surface area (Å²) in [5.74, 6) is -1.21.